The third-order valence-corrected chi connectivity index (χ3v) is 3.49. The number of hydrogen-bond donors (Lipinski definition) is 1. The molecule has 0 spiro atoms. The lowest BCUT2D eigenvalue weighted by Gasteiger charge is -2.46. The van der Waals surface area contributed by atoms with Crippen LogP contribution in [0.15, 0.2) is 12.7 Å². The van der Waals surface area contributed by atoms with Crippen molar-refractivity contribution in [2.45, 2.75) is 38.8 Å². The van der Waals surface area contributed by atoms with Gasteiger partial charge < -0.3 is 9.80 Å². The predicted octanol–water partition coefficient (Wildman–Crippen LogP) is 1.55. The Morgan fingerprint density at radius 3 is 2.20 bits per heavy atom. The highest BCUT2D eigenvalue weighted by Gasteiger charge is 2.40. The molecule has 0 aromatic rings. The summed E-state index contributed by atoms with van der Waals surface area (Å²) in [7, 11) is 6.42. The second kappa shape index (κ2) is 4.79. The van der Waals surface area contributed by atoms with Crippen molar-refractivity contribution in [3.63, 3.8) is 0 Å². The molecule has 0 bridgehead atoms. The molecule has 0 aromatic carbocycles. The SMILES string of the molecule is C=CC(=O)NC(CC)C(C)(C)[N+](C)(C)C. The molecule has 0 saturated heterocycles. The highest BCUT2D eigenvalue weighted by atomic mass is 16.1. The van der Waals surface area contributed by atoms with Crippen LogP contribution < -0.4 is 5.32 Å². The molecule has 3 nitrogen and oxygen atoms in total. The third kappa shape index (κ3) is 3.34. The van der Waals surface area contributed by atoms with E-state index in [1.807, 2.05) is 0 Å². The summed E-state index contributed by atoms with van der Waals surface area (Å²) in [5.74, 6) is -0.0941. The molecule has 0 aromatic heterocycles. The Kier molecular flexibility index (Phi) is 4.53. The van der Waals surface area contributed by atoms with E-state index in [1.165, 1.54) is 6.08 Å². The Labute approximate surface area is 93.7 Å². The number of amides is 1. The second-order valence-electron chi connectivity index (χ2n) is 5.34. The highest BCUT2D eigenvalue weighted by Crippen LogP contribution is 2.23. The minimum atomic E-state index is -0.0941. The van der Waals surface area contributed by atoms with Crippen LogP contribution in [0.25, 0.3) is 0 Å². The van der Waals surface area contributed by atoms with Crippen molar-refractivity contribution >= 4 is 5.91 Å². The second-order valence-corrected chi connectivity index (χ2v) is 5.34. The lowest BCUT2D eigenvalue weighted by atomic mass is 9.89. The zero-order chi connectivity index (χ0) is 12.3. The van der Waals surface area contributed by atoms with Gasteiger partial charge in [-0.05, 0) is 26.3 Å². The Bertz CT molecular complexity index is 238. The van der Waals surface area contributed by atoms with Crippen LogP contribution >= 0.6 is 0 Å². The molecule has 0 fully saturated rings. The number of likely N-dealkylation sites (N-methyl/N-ethyl adjacent to an activating group) is 1. The van der Waals surface area contributed by atoms with Crippen molar-refractivity contribution in [3.8, 4) is 0 Å². The molecule has 0 saturated carbocycles. The van der Waals surface area contributed by atoms with Gasteiger partial charge in [0.05, 0.1) is 27.2 Å². The van der Waals surface area contributed by atoms with Gasteiger partial charge in [0.1, 0.15) is 5.54 Å². The number of carbonyl (C=O) groups excluding carboxylic acids is 1. The normalized spacial score (nSPS) is 14.5. The Balaban J connectivity index is 4.80. The topological polar surface area (TPSA) is 29.1 Å². The molecule has 0 radical (unpaired) electrons. The third-order valence-electron chi connectivity index (χ3n) is 3.49. The zero-order valence-electron chi connectivity index (χ0n) is 10.9. The number of hydrogen-bond acceptors (Lipinski definition) is 1. The molecule has 1 N–H and O–H groups in total. The van der Waals surface area contributed by atoms with Gasteiger partial charge in [-0.2, -0.15) is 0 Å². The maximum atomic E-state index is 11.3. The van der Waals surface area contributed by atoms with Crippen LogP contribution in [0.2, 0.25) is 0 Å². The van der Waals surface area contributed by atoms with Gasteiger partial charge in [-0.15, -0.1) is 0 Å². The Morgan fingerprint density at radius 1 is 1.47 bits per heavy atom. The van der Waals surface area contributed by atoms with Crippen LogP contribution in [-0.4, -0.2) is 43.1 Å². The molecule has 0 aliphatic heterocycles. The highest BCUT2D eigenvalue weighted by molar-refractivity contribution is 5.87. The van der Waals surface area contributed by atoms with Crippen LogP contribution in [0.4, 0.5) is 0 Å². The lowest BCUT2D eigenvalue weighted by molar-refractivity contribution is -0.921. The Hall–Kier alpha value is -0.830. The molecule has 0 rings (SSSR count). The van der Waals surface area contributed by atoms with E-state index < -0.39 is 0 Å². The fraction of sp³-hybridized carbons (Fsp3) is 0.750. The smallest absolute Gasteiger partial charge is 0.243 e. The standard InChI is InChI=1S/C12H24N2O/c1-8-10(13-11(15)9-2)12(3,4)14(5,6)7/h9-10H,2,8H2,1,3-7H3/p+1. The fourth-order valence-electron chi connectivity index (χ4n) is 1.48. The molecule has 1 atom stereocenters. The first kappa shape index (κ1) is 14.2. The van der Waals surface area contributed by atoms with Crippen molar-refractivity contribution in [1.29, 1.82) is 0 Å². The first-order chi connectivity index (χ1) is 6.66. The van der Waals surface area contributed by atoms with E-state index in [0.717, 1.165) is 10.9 Å². The van der Waals surface area contributed by atoms with Crippen LogP contribution in [-0.2, 0) is 4.79 Å². The van der Waals surface area contributed by atoms with E-state index in [0.29, 0.717) is 0 Å². The van der Waals surface area contributed by atoms with E-state index >= 15 is 0 Å². The quantitative estimate of drug-likeness (QED) is 0.545. The van der Waals surface area contributed by atoms with E-state index in [9.17, 15) is 4.79 Å². The molecule has 0 aliphatic rings. The lowest BCUT2D eigenvalue weighted by Crippen LogP contribution is -2.64. The summed E-state index contributed by atoms with van der Waals surface area (Å²) < 4.78 is 0.808. The molecule has 1 amide bonds. The monoisotopic (exact) mass is 213 g/mol. The number of rotatable bonds is 5. The molecule has 15 heavy (non-hydrogen) atoms. The summed E-state index contributed by atoms with van der Waals surface area (Å²) in [6.45, 7) is 9.91. The molecule has 0 aliphatic carbocycles. The number of quaternary nitrogens is 1. The van der Waals surface area contributed by atoms with Crippen LogP contribution in [0.1, 0.15) is 27.2 Å². The van der Waals surface area contributed by atoms with Crippen LogP contribution in [0.5, 0.6) is 0 Å². The minimum Gasteiger partial charge on any atom is -0.344 e. The summed E-state index contributed by atoms with van der Waals surface area (Å²) in [5, 5.41) is 2.99. The van der Waals surface area contributed by atoms with Crippen molar-refractivity contribution < 1.29 is 9.28 Å². The fourth-order valence-corrected chi connectivity index (χ4v) is 1.48. The van der Waals surface area contributed by atoms with Gasteiger partial charge in [-0.1, -0.05) is 13.5 Å². The van der Waals surface area contributed by atoms with Gasteiger partial charge in [0, 0.05) is 0 Å². The first-order valence-electron chi connectivity index (χ1n) is 5.41. The summed E-state index contributed by atoms with van der Waals surface area (Å²) in [6, 6.07) is 0.156. The molecular weight excluding hydrogens is 188 g/mol. The first-order valence-corrected chi connectivity index (χ1v) is 5.41. The summed E-state index contributed by atoms with van der Waals surface area (Å²) in [4.78, 5) is 11.3. The largest absolute Gasteiger partial charge is 0.344 e. The van der Waals surface area contributed by atoms with Gasteiger partial charge in [-0.25, -0.2) is 0 Å². The molecule has 0 heterocycles. The summed E-state index contributed by atoms with van der Waals surface area (Å²) in [6.07, 6.45) is 2.25. The van der Waals surface area contributed by atoms with Crippen LogP contribution in [0, 0.1) is 0 Å². The van der Waals surface area contributed by atoms with E-state index in [-0.39, 0.29) is 17.5 Å². The van der Waals surface area contributed by atoms with Crippen molar-refractivity contribution in [2.75, 3.05) is 21.1 Å². The average molecular weight is 213 g/mol. The maximum Gasteiger partial charge on any atom is 0.243 e. The molecular formula is C12H25N2O+. The maximum absolute atomic E-state index is 11.3. The average Bonchev–Trinajstić information content (AvgIpc) is 2.11. The molecule has 3 heteroatoms. The van der Waals surface area contributed by atoms with E-state index in [2.05, 4.69) is 53.8 Å². The van der Waals surface area contributed by atoms with E-state index in [4.69, 9.17) is 0 Å². The number of nitrogens with one attached hydrogen (secondary N) is 1. The molecule has 88 valence electrons. The van der Waals surface area contributed by atoms with Crippen molar-refractivity contribution in [3.05, 3.63) is 12.7 Å². The summed E-state index contributed by atoms with van der Waals surface area (Å²) >= 11 is 0. The van der Waals surface area contributed by atoms with Gasteiger partial charge in [-0.3, -0.25) is 4.79 Å². The predicted molar refractivity (Wildman–Crippen MR) is 64.5 cm³/mol. The van der Waals surface area contributed by atoms with E-state index in [1.54, 1.807) is 0 Å². The van der Waals surface area contributed by atoms with Gasteiger partial charge in [0.25, 0.3) is 0 Å². The van der Waals surface area contributed by atoms with Gasteiger partial charge in [0.2, 0.25) is 5.91 Å². The summed E-state index contributed by atoms with van der Waals surface area (Å²) in [5.41, 5.74) is -0.00653. The zero-order valence-corrected chi connectivity index (χ0v) is 10.9. The minimum absolute atomic E-state index is 0.00653. The van der Waals surface area contributed by atoms with Gasteiger partial charge in [0.15, 0.2) is 0 Å². The number of carbonyl (C=O) groups is 1. The Morgan fingerprint density at radius 2 is 1.93 bits per heavy atom. The van der Waals surface area contributed by atoms with Crippen molar-refractivity contribution in [1.82, 2.24) is 5.32 Å². The van der Waals surface area contributed by atoms with Crippen LogP contribution in [0.3, 0.4) is 0 Å². The molecule has 1 unspecified atom stereocenters. The van der Waals surface area contributed by atoms with Gasteiger partial charge >= 0.3 is 0 Å². The van der Waals surface area contributed by atoms with Crippen molar-refractivity contribution in [2.24, 2.45) is 0 Å². The number of nitrogens with zero attached hydrogens (tertiary/aromatic N) is 1.